The minimum atomic E-state index is 0.485. The third-order valence-electron chi connectivity index (χ3n) is 11.3. The van der Waals surface area contributed by atoms with E-state index in [0.29, 0.717) is 30.2 Å². The Bertz CT molecular complexity index is 1430. The third-order valence-corrected chi connectivity index (χ3v) is 11.3. The number of ether oxygens (including phenoxy) is 1. The minimum Gasteiger partial charge on any atom is -0.372 e. The predicted octanol–water partition coefficient (Wildman–Crippen LogP) is 8.34. The Labute approximate surface area is 239 Å². The lowest BCUT2D eigenvalue weighted by Gasteiger charge is -2.53. The first-order chi connectivity index (χ1) is 19.8. The maximum atomic E-state index is 9.97. The van der Waals surface area contributed by atoms with Crippen molar-refractivity contribution in [2.24, 2.45) is 11.8 Å². The first-order valence-electron chi connectivity index (χ1n) is 15.9. The molecule has 8 unspecified atom stereocenters. The topological polar surface area (TPSA) is 36.3 Å². The fraction of sp³-hybridized carbons (Fsp3) is 0.486. The van der Waals surface area contributed by atoms with Gasteiger partial charge in [0, 0.05) is 18.1 Å². The number of rotatable bonds is 3. The molecule has 2 heterocycles. The largest absolute Gasteiger partial charge is 0.372 e. The third kappa shape index (κ3) is 4.07. The molecule has 3 aromatic carbocycles. The number of benzene rings is 3. The Morgan fingerprint density at radius 2 is 1.50 bits per heavy atom. The van der Waals surface area contributed by atoms with E-state index in [2.05, 4.69) is 65.6 Å². The summed E-state index contributed by atoms with van der Waals surface area (Å²) >= 11 is 0. The number of nitrogens with zero attached hydrogens (tertiary/aromatic N) is 2. The van der Waals surface area contributed by atoms with Gasteiger partial charge >= 0.3 is 0 Å². The number of morpholine rings is 1. The van der Waals surface area contributed by atoms with Gasteiger partial charge in [-0.25, -0.2) is 0 Å². The van der Waals surface area contributed by atoms with Crippen molar-refractivity contribution in [3.8, 4) is 28.3 Å². The van der Waals surface area contributed by atoms with E-state index >= 15 is 0 Å². The van der Waals surface area contributed by atoms with Gasteiger partial charge in [0.2, 0.25) is 0 Å². The van der Waals surface area contributed by atoms with Crippen LogP contribution >= 0.6 is 0 Å². The monoisotopic (exact) mass is 528 g/mol. The maximum absolute atomic E-state index is 9.97. The smallest absolute Gasteiger partial charge is 0.0998 e. The Morgan fingerprint density at radius 1 is 0.675 bits per heavy atom. The summed E-state index contributed by atoms with van der Waals surface area (Å²) in [4.78, 5) is 3.07. The van der Waals surface area contributed by atoms with Gasteiger partial charge in [0.25, 0.3) is 0 Å². The van der Waals surface area contributed by atoms with Gasteiger partial charge in [-0.2, -0.15) is 5.26 Å². The first-order valence-corrected chi connectivity index (χ1v) is 15.9. The molecule has 3 aromatic rings. The van der Waals surface area contributed by atoms with E-state index in [4.69, 9.17) is 4.74 Å². The van der Waals surface area contributed by atoms with Gasteiger partial charge < -0.3 is 4.74 Å². The second-order valence-corrected chi connectivity index (χ2v) is 13.2. The SMILES string of the molecule is N#Cc1cc(-c2cccc(C3CCC4C(C3)C3CCCC5OC6CCCCC6N4C53)c2)ccc1-c1ccccc1. The first kappa shape index (κ1) is 24.8. The molecule has 0 N–H and O–H groups in total. The highest BCUT2D eigenvalue weighted by molar-refractivity contribution is 5.76. The van der Waals surface area contributed by atoms with Crippen LogP contribution in [0.4, 0.5) is 0 Å². The Morgan fingerprint density at radius 3 is 2.40 bits per heavy atom. The fourth-order valence-corrected chi connectivity index (χ4v) is 9.67. The van der Waals surface area contributed by atoms with E-state index in [1.807, 2.05) is 18.2 Å². The molecule has 3 nitrogen and oxygen atoms in total. The lowest BCUT2D eigenvalue weighted by molar-refractivity contribution is -0.177. The minimum absolute atomic E-state index is 0.485. The summed E-state index contributed by atoms with van der Waals surface area (Å²) in [5.74, 6) is 2.26. The zero-order chi connectivity index (χ0) is 26.6. The van der Waals surface area contributed by atoms with Crippen LogP contribution in [0.2, 0.25) is 0 Å². The van der Waals surface area contributed by atoms with Gasteiger partial charge in [-0.05, 0) is 96.6 Å². The van der Waals surface area contributed by atoms with E-state index in [1.54, 1.807) is 0 Å². The van der Waals surface area contributed by atoms with E-state index in [1.165, 1.54) is 75.3 Å². The molecule has 8 rings (SSSR count). The zero-order valence-corrected chi connectivity index (χ0v) is 23.4. The van der Waals surface area contributed by atoms with E-state index < -0.39 is 0 Å². The van der Waals surface area contributed by atoms with E-state index in [9.17, 15) is 5.26 Å². The van der Waals surface area contributed by atoms with Crippen molar-refractivity contribution in [3.05, 3.63) is 83.9 Å². The summed E-state index contributed by atoms with van der Waals surface area (Å²) in [6.45, 7) is 0. The quantitative estimate of drug-likeness (QED) is 0.343. The van der Waals surface area contributed by atoms with Crippen LogP contribution in [0, 0.1) is 23.2 Å². The van der Waals surface area contributed by atoms with Crippen LogP contribution in [0.3, 0.4) is 0 Å². The van der Waals surface area contributed by atoms with Crippen LogP contribution in [0.5, 0.6) is 0 Å². The number of fused-ring (bicyclic) bond motifs is 5. The van der Waals surface area contributed by atoms with Crippen LogP contribution in [0.15, 0.2) is 72.8 Å². The summed E-state index contributed by atoms with van der Waals surface area (Å²) in [5.41, 5.74) is 6.71. The molecule has 5 fully saturated rings. The van der Waals surface area contributed by atoms with Gasteiger partial charge in [0.1, 0.15) is 0 Å². The van der Waals surface area contributed by atoms with Gasteiger partial charge in [-0.3, -0.25) is 4.90 Å². The van der Waals surface area contributed by atoms with Crippen LogP contribution in [-0.2, 0) is 4.74 Å². The lowest BCUT2D eigenvalue weighted by atomic mass is 9.68. The van der Waals surface area contributed by atoms with Gasteiger partial charge in [-0.15, -0.1) is 0 Å². The maximum Gasteiger partial charge on any atom is 0.0998 e. The van der Waals surface area contributed by atoms with Crippen LogP contribution in [-0.4, -0.2) is 35.2 Å². The molecule has 0 aromatic heterocycles. The summed E-state index contributed by atoms with van der Waals surface area (Å²) in [6, 6.07) is 30.5. The average Bonchev–Trinajstić information content (AvgIpc) is 3.36. The Hall–Kier alpha value is -2.93. The molecule has 0 bridgehead atoms. The van der Waals surface area contributed by atoms with Crippen LogP contribution in [0.1, 0.15) is 81.3 Å². The molecule has 5 aliphatic rings. The lowest BCUT2D eigenvalue weighted by Crippen LogP contribution is -2.63. The molecule has 0 spiro atoms. The second kappa shape index (κ2) is 10.2. The molecule has 2 aliphatic heterocycles. The van der Waals surface area contributed by atoms with Crippen molar-refractivity contribution in [1.29, 1.82) is 5.26 Å². The van der Waals surface area contributed by atoms with Crippen LogP contribution < -0.4 is 0 Å². The summed E-state index contributed by atoms with van der Waals surface area (Å²) < 4.78 is 6.85. The van der Waals surface area contributed by atoms with Crippen molar-refractivity contribution in [3.63, 3.8) is 0 Å². The van der Waals surface area contributed by atoms with Crippen LogP contribution in [0.25, 0.3) is 22.3 Å². The molecule has 3 aliphatic carbocycles. The molecule has 204 valence electrons. The van der Waals surface area contributed by atoms with Crippen molar-refractivity contribution >= 4 is 0 Å². The second-order valence-electron chi connectivity index (χ2n) is 13.2. The molecule has 8 atom stereocenters. The zero-order valence-electron chi connectivity index (χ0n) is 23.4. The molecule has 40 heavy (non-hydrogen) atoms. The summed E-state index contributed by atoms with van der Waals surface area (Å²) in [7, 11) is 0. The van der Waals surface area contributed by atoms with E-state index in [0.717, 1.165) is 40.1 Å². The van der Waals surface area contributed by atoms with Crippen molar-refractivity contribution < 1.29 is 4.74 Å². The number of hydrogen-bond acceptors (Lipinski definition) is 3. The predicted molar refractivity (Wildman–Crippen MR) is 160 cm³/mol. The highest BCUT2D eigenvalue weighted by Gasteiger charge is 2.59. The highest BCUT2D eigenvalue weighted by atomic mass is 16.5. The normalized spacial score (nSPS) is 34.8. The molecule has 0 radical (unpaired) electrons. The Balaban J connectivity index is 1.06. The molecule has 3 saturated carbocycles. The van der Waals surface area contributed by atoms with Crippen molar-refractivity contribution in [2.75, 3.05) is 0 Å². The standard InChI is InChI=1S/C37H40N2O/c38-23-29-21-27(16-18-30(29)24-8-2-1-3-9-24)25-10-6-11-26(20-25)28-17-19-33-32(22-28)31-12-7-15-36-37(31)39(33)34-13-4-5-14-35(34)40-36/h1-3,6,8-11,16,18,20-21,28,31-37H,4-5,7,12-15,17,19,22H2. The summed E-state index contributed by atoms with van der Waals surface area (Å²) in [5, 5.41) is 9.97. The molecular formula is C37H40N2O. The van der Waals surface area contributed by atoms with E-state index in [-0.39, 0.29) is 0 Å². The summed E-state index contributed by atoms with van der Waals surface area (Å²) in [6.07, 6.45) is 14.3. The molecular weight excluding hydrogens is 488 g/mol. The van der Waals surface area contributed by atoms with Gasteiger partial charge in [0.05, 0.1) is 23.8 Å². The molecule has 0 amide bonds. The van der Waals surface area contributed by atoms with Crippen molar-refractivity contribution in [1.82, 2.24) is 4.90 Å². The van der Waals surface area contributed by atoms with Crippen molar-refractivity contribution in [2.45, 2.75) is 100 Å². The Kier molecular flexibility index (Phi) is 6.31. The molecule has 2 saturated heterocycles. The van der Waals surface area contributed by atoms with Gasteiger partial charge in [0.15, 0.2) is 0 Å². The fourth-order valence-electron chi connectivity index (χ4n) is 9.67. The highest BCUT2D eigenvalue weighted by Crippen LogP contribution is 2.56. The van der Waals surface area contributed by atoms with Gasteiger partial charge in [-0.1, -0.05) is 86.0 Å². The number of hydrogen-bond donors (Lipinski definition) is 0. The molecule has 3 heteroatoms. The number of nitriles is 1. The average molecular weight is 529 g/mol.